The number of nitrogens with one attached hydrogen (secondary N) is 1. The minimum Gasteiger partial charge on any atom is -0.352 e. The average Bonchev–Trinajstić information content (AvgIpc) is 2.62. The predicted molar refractivity (Wildman–Crippen MR) is 116 cm³/mol. The van der Waals surface area contributed by atoms with Crippen molar-refractivity contribution in [2.24, 2.45) is 5.73 Å². The second-order valence-corrected chi connectivity index (χ2v) is 7.64. The zero-order chi connectivity index (χ0) is 19.1. The Hall–Kier alpha value is -0.990. The van der Waals surface area contributed by atoms with Crippen LogP contribution in [0.2, 0.25) is 0 Å². The van der Waals surface area contributed by atoms with Gasteiger partial charge in [-0.1, -0.05) is 103 Å². The van der Waals surface area contributed by atoms with Crippen LogP contribution < -0.4 is 11.1 Å². The summed E-state index contributed by atoms with van der Waals surface area (Å²) in [6.07, 6.45) is 28.9. The monoisotopic (exact) mass is 366 g/mol. The van der Waals surface area contributed by atoms with E-state index in [1.807, 2.05) is 0 Å². The molecule has 0 aliphatic carbocycles. The molecule has 0 radical (unpaired) electrons. The Labute approximate surface area is 163 Å². The summed E-state index contributed by atoms with van der Waals surface area (Å²) in [5, 5.41) is 2.64. The summed E-state index contributed by atoms with van der Waals surface area (Å²) in [5.41, 5.74) is 5.02. The number of hydrogen-bond donors (Lipinski definition) is 2. The number of unbranched alkanes of at least 4 members (excludes halogenated alkanes) is 16. The molecule has 3 nitrogen and oxygen atoms in total. The largest absolute Gasteiger partial charge is 0.352 e. The quantitative estimate of drug-likeness (QED) is 0.173. The third-order valence-electron chi connectivity index (χ3n) is 4.99. The molecule has 0 spiro atoms. The number of hydrogen-bond acceptors (Lipinski definition) is 1. The third-order valence-corrected chi connectivity index (χ3v) is 4.99. The highest BCUT2D eigenvalue weighted by molar-refractivity contribution is 5.71. The molecule has 0 aliphatic heterocycles. The number of carbonyl (C=O) groups excluding carboxylic acids is 1. The van der Waals surface area contributed by atoms with Gasteiger partial charge in [0.05, 0.1) is 0 Å². The predicted octanol–water partition coefficient (Wildman–Crippen LogP) is 7.25. The van der Waals surface area contributed by atoms with E-state index in [1.54, 1.807) is 0 Å². The van der Waals surface area contributed by atoms with Gasteiger partial charge >= 0.3 is 6.03 Å². The zero-order valence-electron chi connectivity index (χ0n) is 17.6. The van der Waals surface area contributed by atoms with E-state index in [2.05, 4.69) is 24.4 Å². The average molecular weight is 367 g/mol. The second-order valence-electron chi connectivity index (χ2n) is 7.64. The molecule has 0 saturated heterocycles. The summed E-state index contributed by atoms with van der Waals surface area (Å²) in [5.74, 6) is 0. The molecule has 0 aromatic rings. The lowest BCUT2D eigenvalue weighted by atomic mass is 10.1. The van der Waals surface area contributed by atoms with Gasteiger partial charge in [0.2, 0.25) is 0 Å². The number of allylic oxidation sites excluding steroid dienone is 2. The molecule has 0 heterocycles. The van der Waals surface area contributed by atoms with E-state index in [-0.39, 0.29) is 0 Å². The Morgan fingerprint density at radius 1 is 0.654 bits per heavy atom. The molecule has 0 saturated carbocycles. The van der Waals surface area contributed by atoms with E-state index >= 15 is 0 Å². The van der Waals surface area contributed by atoms with Crippen LogP contribution in [0.5, 0.6) is 0 Å². The van der Waals surface area contributed by atoms with Crippen molar-refractivity contribution in [2.75, 3.05) is 6.54 Å². The van der Waals surface area contributed by atoms with Crippen molar-refractivity contribution in [3.05, 3.63) is 12.2 Å². The molecule has 0 unspecified atom stereocenters. The number of primary amides is 1. The summed E-state index contributed by atoms with van der Waals surface area (Å²) in [6, 6.07) is -0.404. The van der Waals surface area contributed by atoms with Gasteiger partial charge in [0.25, 0.3) is 0 Å². The first-order valence-corrected chi connectivity index (χ1v) is 11.5. The fourth-order valence-corrected chi connectivity index (χ4v) is 3.29. The number of rotatable bonds is 20. The Bertz CT molecular complexity index is 315. The molecule has 0 aromatic heterocycles. The Morgan fingerprint density at radius 3 is 1.46 bits per heavy atom. The van der Waals surface area contributed by atoms with Crippen molar-refractivity contribution in [1.29, 1.82) is 0 Å². The summed E-state index contributed by atoms with van der Waals surface area (Å²) in [6.45, 7) is 3.00. The molecule has 3 N–H and O–H groups in total. The van der Waals surface area contributed by atoms with Crippen LogP contribution in [-0.4, -0.2) is 12.6 Å². The van der Waals surface area contributed by atoms with E-state index in [4.69, 9.17) is 5.73 Å². The number of urea groups is 1. The second kappa shape index (κ2) is 22.1. The standard InChI is InChI=1S/C23H46N2O/c1-2-3-4-5-6-7-8-9-10-11-12-13-14-15-16-17-18-19-20-21-22-25-23(24)26/h9-10H,2-8,11-22H2,1H3,(H3,24,25,26)/b10-9-. The molecule has 0 aliphatic rings. The fourth-order valence-electron chi connectivity index (χ4n) is 3.29. The van der Waals surface area contributed by atoms with Crippen LogP contribution in [-0.2, 0) is 0 Å². The van der Waals surface area contributed by atoms with Gasteiger partial charge in [-0.3, -0.25) is 0 Å². The molecule has 3 heteroatoms. The first-order valence-electron chi connectivity index (χ1n) is 11.5. The first-order chi connectivity index (χ1) is 12.8. The summed E-state index contributed by atoms with van der Waals surface area (Å²) >= 11 is 0. The van der Waals surface area contributed by atoms with Gasteiger partial charge in [-0.2, -0.15) is 0 Å². The summed E-state index contributed by atoms with van der Waals surface area (Å²) < 4.78 is 0. The normalized spacial score (nSPS) is 11.3. The van der Waals surface area contributed by atoms with Gasteiger partial charge in [0, 0.05) is 6.54 Å². The van der Waals surface area contributed by atoms with Crippen LogP contribution in [0.15, 0.2) is 12.2 Å². The van der Waals surface area contributed by atoms with Gasteiger partial charge in [-0.15, -0.1) is 0 Å². The molecule has 0 fully saturated rings. The molecular formula is C23H46N2O. The van der Waals surface area contributed by atoms with Gasteiger partial charge in [-0.25, -0.2) is 4.79 Å². The summed E-state index contributed by atoms with van der Waals surface area (Å²) in [4.78, 5) is 10.5. The highest BCUT2D eigenvalue weighted by atomic mass is 16.2. The van der Waals surface area contributed by atoms with E-state index in [0.717, 1.165) is 13.0 Å². The lowest BCUT2D eigenvalue weighted by Gasteiger charge is -2.03. The zero-order valence-corrected chi connectivity index (χ0v) is 17.6. The maximum atomic E-state index is 10.5. The van der Waals surface area contributed by atoms with Crippen molar-refractivity contribution in [3.8, 4) is 0 Å². The topological polar surface area (TPSA) is 55.1 Å². The van der Waals surface area contributed by atoms with Crippen molar-refractivity contribution in [3.63, 3.8) is 0 Å². The maximum Gasteiger partial charge on any atom is 0.312 e. The highest BCUT2D eigenvalue weighted by Crippen LogP contribution is 2.12. The summed E-state index contributed by atoms with van der Waals surface area (Å²) in [7, 11) is 0. The van der Waals surface area contributed by atoms with E-state index in [9.17, 15) is 4.79 Å². The lowest BCUT2D eigenvalue weighted by Crippen LogP contribution is -2.29. The van der Waals surface area contributed by atoms with Gasteiger partial charge < -0.3 is 11.1 Å². The molecule has 154 valence electrons. The van der Waals surface area contributed by atoms with Crippen LogP contribution in [0.4, 0.5) is 4.79 Å². The maximum absolute atomic E-state index is 10.5. The molecule has 0 aromatic carbocycles. The fraction of sp³-hybridized carbons (Fsp3) is 0.870. The molecule has 26 heavy (non-hydrogen) atoms. The van der Waals surface area contributed by atoms with Crippen molar-refractivity contribution in [1.82, 2.24) is 5.32 Å². The Kier molecular flexibility index (Phi) is 21.2. The Balaban J connectivity index is 3.06. The van der Waals surface area contributed by atoms with Gasteiger partial charge in [0.1, 0.15) is 0 Å². The van der Waals surface area contributed by atoms with Crippen LogP contribution in [0.3, 0.4) is 0 Å². The molecule has 0 rings (SSSR count). The number of carbonyl (C=O) groups is 1. The van der Waals surface area contributed by atoms with E-state index < -0.39 is 6.03 Å². The van der Waals surface area contributed by atoms with Crippen molar-refractivity contribution in [2.45, 2.75) is 122 Å². The minimum atomic E-state index is -0.404. The highest BCUT2D eigenvalue weighted by Gasteiger charge is 1.94. The van der Waals surface area contributed by atoms with E-state index in [1.165, 1.54) is 109 Å². The SMILES string of the molecule is CCCCCCCC/C=C\CCCCCCCCCCCCNC(N)=O. The number of nitrogens with two attached hydrogens (primary N) is 1. The van der Waals surface area contributed by atoms with Gasteiger partial charge in [0.15, 0.2) is 0 Å². The van der Waals surface area contributed by atoms with Crippen LogP contribution >= 0.6 is 0 Å². The number of amides is 2. The molecule has 0 atom stereocenters. The van der Waals surface area contributed by atoms with Crippen LogP contribution in [0.1, 0.15) is 122 Å². The first kappa shape index (κ1) is 25.0. The van der Waals surface area contributed by atoms with Crippen molar-refractivity contribution < 1.29 is 4.79 Å². The third kappa shape index (κ3) is 23.0. The smallest absolute Gasteiger partial charge is 0.312 e. The molecule has 2 amide bonds. The van der Waals surface area contributed by atoms with Crippen molar-refractivity contribution >= 4 is 6.03 Å². The molecule has 0 bridgehead atoms. The molecular weight excluding hydrogens is 320 g/mol. The van der Waals surface area contributed by atoms with Crippen LogP contribution in [0.25, 0.3) is 0 Å². The Morgan fingerprint density at radius 2 is 1.04 bits per heavy atom. The van der Waals surface area contributed by atoms with Gasteiger partial charge in [-0.05, 0) is 32.1 Å². The lowest BCUT2D eigenvalue weighted by molar-refractivity contribution is 0.248. The van der Waals surface area contributed by atoms with Crippen LogP contribution in [0, 0.1) is 0 Å². The minimum absolute atomic E-state index is 0.404. The van der Waals surface area contributed by atoms with E-state index in [0.29, 0.717) is 0 Å².